The highest BCUT2D eigenvalue weighted by Gasteiger charge is 2.26. The number of carbonyl (C=O) groups excluding carboxylic acids is 1. The van der Waals surface area contributed by atoms with Crippen molar-refractivity contribution in [3.63, 3.8) is 0 Å². The molecule has 1 aliphatic heterocycles. The summed E-state index contributed by atoms with van der Waals surface area (Å²) in [6, 6.07) is 7.99. The van der Waals surface area contributed by atoms with E-state index in [0.717, 1.165) is 16.5 Å². The van der Waals surface area contributed by atoms with Crippen LogP contribution < -0.4 is 5.73 Å². The average molecular weight is 327 g/mol. The van der Waals surface area contributed by atoms with Crippen molar-refractivity contribution < 1.29 is 9.53 Å². The van der Waals surface area contributed by atoms with E-state index in [4.69, 9.17) is 10.5 Å². The van der Waals surface area contributed by atoms with Gasteiger partial charge in [0.25, 0.3) is 0 Å². The fourth-order valence-corrected chi connectivity index (χ4v) is 2.78. The molecule has 1 amide bonds. The molecule has 0 spiro atoms. The van der Waals surface area contributed by atoms with E-state index in [0.29, 0.717) is 32.7 Å². The van der Waals surface area contributed by atoms with E-state index in [9.17, 15) is 4.79 Å². The van der Waals surface area contributed by atoms with Crippen LogP contribution in [0, 0.1) is 0 Å². The van der Waals surface area contributed by atoms with E-state index in [1.165, 1.54) is 0 Å². The first-order chi connectivity index (χ1) is 9.20. The van der Waals surface area contributed by atoms with Crippen molar-refractivity contribution >= 4 is 21.8 Å². The van der Waals surface area contributed by atoms with E-state index in [1.54, 1.807) is 0 Å². The van der Waals surface area contributed by atoms with Gasteiger partial charge in [-0.15, -0.1) is 0 Å². The van der Waals surface area contributed by atoms with Gasteiger partial charge in [-0.1, -0.05) is 28.1 Å². The van der Waals surface area contributed by atoms with Crippen LogP contribution in [0.5, 0.6) is 0 Å². The van der Waals surface area contributed by atoms with Gasteiger partial charge in [-0.3, -0.25) is 4.79 Å². The summed E-state index contributed by atoms with van der Waals surface area (Å²) in [6.07, 6.45) is 1.23. The van der Waals surface area contributed by atoms with Gasteiger partial charge < -0.3 is 15.4 Å². The predicted octanol–water partition coefficient (Wildman–Crippen LogP) is 1.57. The Hall–Kier alpha value is -0.910. The molecular weight excluding hydrogens is 308 g/mol. The van der Waals surface area contributed by atoms with E-state index < -0.39 is 0 Å². The maximum atomic E-state index is 12.4. The second-order valence-electron chi connectivity index (χ2n) is 4.70. The second kappa shape index (κ2) is 7.03. The number of carbonyl (C=O) groups is 1. The number of amides is 1. The molecule has 1 aromatic rings. The van der Waals surface area contributed by atoms with Crippen molar-refractivity contribution in [2.24, 2.45) is 5.73 Å². The first-order valence-corrected chi connectivity index (χ1v) is 7.31. The molecule has 2 N–H and O–H groups in total. The van der Waals surface area contributed by atoms with Gasteiger partial charge in [0.1, 0.15) is 0 Å². The first kappa shape index (κ1) is 14.5. The molecule has 0 bridgehead atoms. The lowest BCUT2D eigenvalue weighted by Crippen LogP contribution is -2.50. The fraction of sp³-hybridized carbons (Fsp3) is 0.500. The first-order valence-electron chi connectivity index (χ1n) is 6.52. The lowest BCUT2D eigenvalue weighted by atomic mass is 10.1. The Morgan fingerprint density at radius 3 is 3.11 bits per heavy atom. The molecule has 104 valence electrons. The Labute approximate surface area is 122 Å². The van der Waals surface area contributed by atoms with E-state index in [-0.39, 0.29) is 11.9 Å². The zero-order valence-electron chi connectivity index (χ0n) is 10.8. The summed E-state index contributed by atoms with van der Waals surface area (Å²) in [5.41, 5.74) is 6.62. The van der Waals surface area contributed by atoms with Crippen LogP contribution in [0.1, 0.15) is 12.0 Å². The third-order valence-corrected chi connectivity index (χ3v) is 3.79. The maximum Gasteiger partial charge on any atom is 0.227 e. The Kier molecular flexibility index (Phi) is 5.36. The maximum absolute atomic E-state index is 12.4. The number of morpholine rings is 1. The van der Waals surface area contributed by atoms with Gasteiger partial charge in [0.15, 0.2) is 0 Å². The van der Waals surface area contributed by atoms with Crippen LogP contribution in [0.15, 0.2) is 28.7 Å². The third kappa shape index (κ3) is 4.03. The van der Waals surface area contributed by atoms with Crippen LogP contribution >= 0.6 is 15.9 Å². The lowest BCUT2D eigenvalue weighted by molar-refractivity contribution is -0.139. The van der Waals surface area contributed by atoms with E-state index in [1.807, 2.05) is 29.2 Å². The molecule has 1 heterocycles. The van der Waals surface area contributed by atoms with E-state index in [2.05, 4.69) is 15.9 Å². The molecule has 0 radical (unpaired) electrons. The zero-order chi connectivity index (χ0) is 13.7. The molecule has 0 saturated carbocycles. The molecule has 1 saturated heterocycles. The molecule has 5 heteroatoms. The molecule has 2 rings (SSSR count). The molecular formula is C14H19BrN2O2. The predicted molar refractivity (Wildman–Crippen MR) is 77.8 cm³/mol. The Bertz CT molecular complexity index is 437. The highest BCUT2D eigenvalue weighted by Crippen LogP contribution is 2.15. The molecule has 1 unspecified atom stereocenters. The molecule has 1 aromatic carbocycles. The van der Waals surface area contributed by atoms with Gasteiger partial charge in [-0.2, -0.15) is 0 Å². The van der Waals surface area contributed by atoms with Crippen LogP contribution in [-0.2, 0) is 16.0 Å². The van der Waals surface area contributed by atoms with Gasteiger partial charge in [-0.05, 0) is 30.7 Å². The van der Waals surface area contributed by atoms with Gasteiger partial charge in [0.05, 0.1) is 25.7 Å². The van der Waals surface area contributed by atoms with Gasteiger partial charge in [-0.25, -0.2) is 0 Å². The monoisotopic (exact) mass is 326 g/mol. The Morgan fingerprint density at radius 2 is 2.37 bits per heavy atom. The summed E-state index contributed by atoms with van der Waals surface area (Å²) < 4.78 is 6.43. The number of ether oxygens (including phenoxy) is 1. The van der Waals surface area contributed by atoms with Gasteiger partial charge in [0, 0.05) is 11.0 Å². The fourth-order valence-electron chi connectivity index (χ4n) is 2.34. The van der Waals surface area contributed by atoms with Crippen LogP contribution in [-0.4, -0.2) is 43.2 Å². The number of hydrogen-bond acceptors (Lipinski definition) is 3. The van der Waals surface area contributed by atoms with Crippen molar-refractivity contribution in [3.05, 3.63) is 34.3 Å². The van der Waals surface area contributed by atoms with Crippen molar-refractivity contribution in [2.75, 3.05) is 26.3 Å². The van der Waals surface area contributed by atoms with Crippen molar-refractivity contribution in [1.82, 2.24) is 4.90 Å². The average Bonchev–Trinajstić information content (AvgIpc) is 2.39. The molecule has 0 aliphatic carbocycles. The number of hydrogen-bond donors (Lipinski definition) is 1. The SMILES string of the molecule is NCCC1COCCN1C(=O)Cc1cccc(Br)c1. The zero-order valence-corrected chi connectivity index (χ0v) is 12.4. The summed E-state index contributed by atoms with van der Waals surface area (Å²) in [5, 5.41) is 0. The normalized spacial score (nSPS) is 19.5. The van der Waals surface area contributed by atoms with Gasteiger partial charge >= 0.3 is 0 Å². The Balaban J connectivity index is 2.01. The molecule has 1 fully saturated rings. The second-order valence-corrected chi connectivity index (χ2v) is 5.62. The number of nitrogens with two attached hydrogens (primary N) is 1. The summed E-state index contributed by atoms with van der Waals surface area (Å²) in [5.74, 6) is 0.153. The third-order valence-electron chi connectivity index (χ3n) is 3.29. The number of halogens is 1. The van der Waals surface area contributed by atoms with Crippen LogP contribution in [0.4, 0.5) is 0 Å². The smallest absolute Gasteiger partial charge is 0.227 e. The van der Waals surface area contributed by atoms with Crippen LogP contribution in [0.3, 0.4) is 0 Å². The summed E-state index contributed by atoms with van der Waals surface area (Å²) in [4.78, 5) is 14.3. The van der Waals surface area contributed by atoms with Crippen molar-refractivity contribution in [3.8, 4) is 0 Å². The molecule has 1 aliphatic rings. The highest BCUT2D eigenvalue weighted by atomic mass is 79.9. The lowest BCUT2D eigenvalue weighted by Gasteiger charge is -2.35. The quantitative estimate of drug-likeness (QED) is 0.913. The number of rotatable bonds is 4. The molecule has 19 heavy (non-hydrogen) atoms. The van der Waals surface area contributed by atoms with Crippen LogP contribution in [0.25, 0.3) is 0 Å². The molecule has 1 atom stereocenters. The molecule has 0 aromatic heterocycles. The summed E-state index contributed by atoms with van der Waals surface area (Å²) >= 11 is 3.42. The number of benzene rings is 1. The topological polar surface area (TPSA) is 55.6 Å². The Morgan fingerprint density at radius 1 is 1.53 bits per heavy atom. The largest absolute Gasteiger partial charge is 0.377 e. The summed E-state index contributed by atoms with van der Waals surface area (Å²) in [7, 11) is 0. The minimum absolute atomic E-state index is 0.124. The standard InChI is InChI=1S/C14H19BrN2O2/c15-12-3-1-2-11(8-12)9-14(18)17-6-7-19-10-13(17)4-5-16/h1-3,8,13H,4-7,9-10,16H2. The summed E-state index contributed by atoms with van der Waals surface area (Å²) in [6.45, 7) is 2.46. The minimum atomic E-state index is 0.124. The van der Waals surface area contributed by atoms with Crippen molar-refractivity contribution in [1.29, 1.82) is 0 Å². The van der Waals surface area contributed by atoms with Crippen molar-refractivity contribution in [2.45, 2.75) is 18.9 Å². The molecule has 4 nitrogen and oxygen atoms in total. The van der Waals surface area contributed by atoms with Crippen LogP contribution in [0.2, 0.25) is 0 Å². The minimum Gasteiger partial charge on any atom is -0.377 e. The highest BCUT2D eigenvalue weighted by molar-refractivity contribution is 9.10. The van der Waals surface area contributed by atoms with Gasteiger partial charge in [0.2, 0.25) is 5.91 Å². The van der Waals surface area contributed by atoms with E-state index >= 15 is 0 Å². The number of nitrogens with zero attached hydrogens (tertiary/aromatic N) is 1.